The van der Waals surface area contributed by atoms with Gasteiger partial charge in [-0.2, -0.15) is 11.3 Å². The first kappa shape index (κ1) is 14.3. The lowest BCUT2D eigenvalue weighted by Crippen LogP contribution is -2.22. The van der Waals surface area contributed by atoms with Gasteiger partial charge in [0.2, 0.25) is 0 Å². The normalized spacial score (nSPS) is 12.8. The van der Waals surface area contributed by atoms with Gasteiger partial charge >= 0.3 is 0 Å². The SMILES string of the molecule is Cc1cscc1CNC(CC(C)C)c1ccccc1. The van der Waals surface area contributed by atoms with Crippen molar-refractivity contribution in [3.8, 4) is 0 Å². The van der Waals surface area contributed by atoms with E-state index in [-0.39, 0.29) is 0 Å². The fraction of sp³-hybridized carbons (Fsp3) is 0.412. The van der Waals surface area contributed by atoms with Gasteiger partial charge in [-0.1, -0.05) is 44.2 Å². The lowest BCUT2D eigenvalue weighted by molar-refractivity contribution is 0.428. The van der Waals surface area contributed by atoms with Crippen LogP contribution < -0.4 is 5.32 Å². The summed E-state index contributed by atoms with van der Waals surface area (Å²) in [6.45, 7) is 7.72. The van der Waals surface area contributed by atoms with Crippen LogP contribution in [0.3, 0.4) is 0 Å². The molecule has 0 aliphatic carbocycles. The number of thiophene rings is 1. The summed E-state index contributed by atoms with van der Waals surface area (Å²) in [4.78, 5) is 0. The van der Waals surface area contributed by atoms with E-state index in [1.54, 1.807) is 11.3 Å². The van der Waals surface area contributed by atoms with Crippen LogP contribution in [0.15, 0.2) is 41.1 Å². The second kappa shape index (κ2) is 6.88. The first-order valence-corrected chi connectivity index (χ1v) is 7.91. The fourth-order valence-electron chi connectivity index (χ4n) is 2.30. The lowest BCUT2D eigenvalue weighted by Gasteiger charge is -2.21. The van der Waals surface area contributed by atoms with E-state index in [1.807, 2.05) is 0 Å². The molecule has 0 amide bonds. The Morgan fingerprint density at radius 1 is 1.11 bits per heavy atom. The molecule has 2 aromatic rings. The molecular formula is C17H23NS. The van der Waals surface area contributed by atoms with E-state index in [0.717, 1.165) is 6.54 Å². The largest absolute Gasteiger partial charge is 0.306 e. The molecule has 0 radical (unpaired) electrons. The average Bonchev–Trinajstić information content (AvgIpc) is 2.81. The van der Waals surface area contributed by atoms with E-state index in [9.17, 15) is 0 Å². The number of nitrogens with one attached hydrogen (secondary N) is 1. The Labute approximate surface area is 120 Å². The molecule has 0 fully saturated rings. The molecule has 1 heterocycles. The first-order chi connectivity index (χ1) is 9.16. The zero-order valence-corrected chi connectivity index (χ0v) is 12.8. The van der Waals surface area contributed by atoms with Gasteiger partial charge < -0.3 is 5.32 Å². The van der Waals surface area contributed by atoms with Crippen molar-refractivity contribution in [3.05, 3.63) is 57.8 Å². The topological polar surface area (TPSA) is 12.0 Å². The van der Waals surface area contributed by atoms with Gasteiger partial charge in [-0.25, -0.2) is 0 Å². The van der Waals surface area contributed by atoms with Gasteiger partial charge in [-0.05, 0) is 46.7 Å². The van der Waals surface area contributed by atoms with E-state index < -0.39 is 0 Å². The smallest absolute Gasteiger partial charge is 0.0325 e. The highest BCUT2D eigenvalue weighted by Gasteiger charge is 2.13. The molecule has 1 aromatic carbocycles. The Morgan fingerprint density at radius 2 is 1.84 bits per heavy atom. The average molecular weight is 273 g/mol. The third-order valence-corrected chi connectivity index (χ3v) is 4.32. The second-order valence-corrected chi connectivity index (χ2v) is 6.30. The van der Waals surface area contributed by atoms with Crippen molar-refractivity contribution >= 4 is 11.3 Å². The van der Waals surface area contributed by atoms with Crippen molar-refractivity contribution < 1.29 is 0 Å². The minimum atomic E-state index is 0.445. The highest BCUT2D eigenvalue weighted by atomic mass is 32.1. The van der Waals surface area contributed by atoms with Crippen LogP contribution in [-0.4, -0.2) is 0 Å². The van der Waals surface area contributed by atoms with Crippen molar-refractivity contribution in [2.45, 2.75) is 39.8 Å². The molecule has 1 atom stereocenters. The summed E-state index contributed by atoms with van der Waals surface area (Å²) in [7, 11) is 0. The Morgan fingerprint density at radius 3 is 2.42 bits per heavy atom. The van der Waals surface area contributed by atoms with Gasteiger partial charge in [-0.3, -0.25) is 0 Å². The predicted molar refractivity (Wildman–Crippen MR) is 84.5 cm³/mol. The molecule has 0 saturated heterocycles. The van der Waals surface area contributed by atoms with E-state index in [0.29, 0.717) is 12.0 Å². The molecular weight excluding hydrogens is 250 g/mol. The standard InChI is InChI=1S/C17H23NS/c1-13(2)9-17(15-7-5-4-6-8-15)18-10-16-12-19-11-14(16)3/h4-8,11-13,17-18H,9-10H2,1-3H3. The Balaban J connectivity index is 2.04. The van der Waals surface area contributed by atoms with Gasteiger partial charge in [-0.15, -0.1) is 0 Å². The molecule has 0 spiro atoms. The zero-order chi connectivity index (χ0) is 13.7. The van der Waals surface area contributed by atoms with Gasteiger partial charge in [0.15, 0.2) is 0 Å². The third kappa shape index (κ3) is 4.19. The van der Waals surface area contributed by atoms with Crippen molar-refractivity contribution in [2.75, 3.05) is 0 Å². The summed E-state index contributed by atoms with van der Waals surface area (Å²) >= 11 is 1.79. The number of hydrogen-bond acceptors (Lipinski definition) is 2. The second-order valence-electron chi connectivity index (χ2n) is 5.55. The van der Waals surface area contributed by atoms with E-state index in [2.05, 4.69) is 67.2 Å². The number of aryl methyl sites for hydroxylation is 1. The number of rotatable bonds is 6. The summed E-state index contributed by atoms with van der Waals surface area (Å²) in [6, 6.07) is 11.2. The van der Waals surface area contributed by atoms with Crippen LogP contribution in [0.25, 0.3) is 0 Å². The molecule has 0 aliphatic heterocycles. The molecule has 19 heavy (non-hydrogen) atoms. The Bertz CT molecular complexity index is 487. The number of benzene rings is 1. The van der Waals surface area contributed by atoms with Crippen molar-refractivity contribution in [1.82, 2.24) is 5.32 Å². The highest BCUT2D eigenvalue weighted by Crippen LogP contribution is 2.22. The highest BCUT2D eigenvalue weighted by molar-refractivity contribution is 7.08. The van der Waals surface area contributed by atoms with Crippen LogP contribution in [0.2, 0.25) is 0 Å². The van der Waals surface area contributed by atoms with Crippen LogP contribution in [-0.2, 0) is 6.54 Å². The molecule has 1 nitrogen and oxygen atoms in total. The summed E-state index contributed by atoms with van der Waals surface area (Å²) in [5.41, 5.74) is 4.22. The maximum absolute atomic E-state index is 3.72. The predicted octanol–water partition coefficient (Wildman–Crippen LogP) is 4.93. The molecule has 1 unspecified atom stereocenters. The molecule has 102 valence electrons. The summed E-state index contributed by atoms with van der Waals surface area (Å²) in [5, 5.41) is 8.19. The third-order valence-electron chi connectivity index (χ3n) is 3.41. The minimum Gasteiger partial charge on any atom is -0.306 e. The van der Waals surface area contributed by atoms with Crippen molar-refractivity contribution in [1.29, 1.82) is 0 Å². The van der Waals surface area contributed by atoms with Gasteiger partial charge in [0.1, 0.15) is 0 Å². The molecule has 0 bridgehead atoms. The Hall–Kier alpha value is -1.12. The van der Waals surface area contributed by atoms with Crippen LogP contribution in [0.4, 0.5) is 0 Å². The molecule has 2 rings (SSSR count). The van der Waals surface area contributed by atoms with Gasteiger partial charge in [0.25, 0.3) is 0 Å². The monoisotopic (exact) mass is 273 g/mol. The van der Waals surface area contributed by atoms with E-state index in [4.69, 9.17) is 0 Å². The zero-order valence-electron chi connectivity index (χ0n) is 12.0. The van der Waals surface area contributed by atoms with Crippen molar-refractivity contribution in [3.63, 3.8) is 0 Å². The molecule has 1 N–H and O–H groups in total. The Kier molecular flexibility index (Phi) is 5.17. The van der Waals surface area contributed by atoms with E-state index in [1.165, 1.54) is 23.1 Å². The van der Waals surface area contributed by atoms with Crippen molar-refractivity contribution in [2.24, 2.45) is 5.92 Å². The van der Waals surface area contributed by atoms with Crippen LogP contribution >= 0.6 is 11.3 Å². The maximum atomic E-state index is 3.72. The van der Waals surface area contributed by atoms with E-state index >= 15 is 0 Å². The number of hydrogen-bond donors (Lipinski definition) is 1. The molecule has 0 saturated carbocycles. The first-order valence-electron chi connectivity index (χ1n) is 6.97. The summed E-state index contributed by atoms with van der Waals surface area (Å²) < 4.78 is 0. The summed E-state index contributed by atoms with van der Waals surface area (Å²) in [6.07, 6.45) is 1.17. The molecule has 2 heteroatoms. The summed E-state index contributed by atoms with van der Waals surface area (Å²) in [5.74, 6) is 0.696. The minimum absolute atomic E-state index is 0.445. The lowest BCUT2D eigenvalue weighted by atomic mass is 9.97. The quantitative estimate of drug-likeness (QED) is 0.786. The van der Waals surface area contributed by atoms with Crippen LogP contribution in [0.1, 0.15) is 43.0 Å². The maximum Gasteiger partial charge on any atom is 0.0325 e. The molecule has 0 aliphatic rings. The van der Waals surface area contributed by atoms with Gasteiger partial charge in [0.05, 0.1) is 0 Å². The molecule has 1 aromatic heterocycles. The van der Waals surface area contributed by atoms with Gasteiger partial charge in [0, 0.05) is 12.6 Å². The van der Waals surface area contributed by atoms with Crippen LogP contribution in [0.5, 0.6) is 0 Å². The van der Waals surface area contributed by atoms with Crippen LogP contribution in [0, 0.1) is 12.8 Å². The fourth-order valence-corrected chi connectivity index (χ4v) is 3.15.